The minimum absolute atomic E-state index is 0.00718. The van der Waals surface area contributed by atoms with Crippen molar-refractivity contribution in [2.45, 2.75) is 19.8 Å². The predicted molar refractivity (Wildman–Crippen MR) is 85.0 cm³/mol. The molecule has 0 radical (unpaired) electrons. The van der Waals surface area contributed by atoms with Gasteiger partial charge in [-0.1, -0.05) is 31.5 Å². The lowest BCUT2D eigenvalue weighted by Gasteiger charge is -2.22. The SMILES string of the molecule is CCCCN(C(=O)c1ccnc(Br)c1)c1ccccc1. The van der Waals surface area contributed by atoms with Gasteiger partial charge >= 0.3 is 0 Å². The Morgan fingerprint density at radius 1 is 1.25 bits per heavy atom. The van der Waals surface area contributed by atoms with Crippen LogP contribution in [0.4, 0.5) is 5.69 Å². The molecule has 0 spiro atoms. The molecule has 104 valence electrons. The summed E-state index contributed by atoms with van der Waals surface area (Å²) in [5, 5.41) is 0. The molecule has 0 fully saturated rings. The Morgan fingerprint density at radius 2 is 2.00 bits per heavy atom. The van der Waals surface area contributed by atoms with E-state index >= 15 is 0 Å². The molecule has 1 aromatic heterocycles. The molecular weight excluding hydrogens is 316 g/mol. The van der Waals surface area contributed by atoms with Crippen molar-refractivity contribution in [1.82, 2.24) is 4.98 Å². The second-order valence-corrected chi connectivity index (χ2v) is 5.33. The van der Waals surface area contributed by atoms with E-state index in [1.54, 1.807) is 18.3 Å². The smallest absolute Gasteiger partial charge is 0.258 e. The van der Waals surface area contributed by atoms with Crippen LogP contribution in [0.25, 0.3) is 0 Å². The van der Waals surface area contributed by atoms with E-state index in [2.05, 4.69) is 27.8 Å². The van der Waals surface area contributed by atoms with Gasteiger partial charge in [0.2, 0.25) is 0 Å². The van der Waals surface area contributed by atoms with Gasteiger partial charge in [0, 0.05) is 24.0 Å². The van der Waals surface area contributed by atoms with Gasteiger partial charge in [-0.2, -0.15) is 0 Å². The highest BCUT2D eigenvalue weighted by Gasteiger charge is 2.17. The minimum atomic E-state index is 0.00718. The van der Waals surface area contributed by atoms with E-state index in [9.17, 15) is 4.79 Å². The number of para-hydroxylation sites is 1. The molecule has 0 atom stereocenters. The minimum Gasteiger partial charge on any atom is -0.308 e. The summed E-state index contributed by atoms with van der Waals surface area (Å²) in [6.07, 6.45) is 3.67. The zero-order valence-corrected chi connectivity index (χ0v) is 13.0. The number of unbranched alkanes of at least 4 members (excludes halogenated alkanes) is 1. The fourth-order valence-corrected chi connectivity index (χ4v) is 2.33. The number of pyridine rings is 1. The van der Waals surface area contributed by atoms with E-state index in [0.717, 1.165) is 25.1 Å². The summed E-state index contributed by atoms with van der Waals surface area (Å²) in [7, 11) is 0. The topological polar surface area (TPSA) is 33.2 Å². The maximum absolute atomic E-state index is 12.7. The van der Waals surface area contributed by atoms with Gasteiger partial charge in [-0.05, 0) is 46.6 Å². The molecule has 1 aromatic carbocycles. The molecule has 2 aromatic rings. The molecule has 0 saturated heterocycles. The fraction of sp³-hybridized carbons (Fsp3) is 0.250. The summed E-state index contributed by atoms with van der Waals surface area (Å²) < 4.78 is 0.673. The first-order valence-electron chi connectivity index (χ1n) is 6.71. The summed E-state index contributed by atoms with van der Waals surface area (Å²) in [5.74, 6) is 0.00718. The molecule has 0 saturated carbocycles. The van der Waals surface area contributed by atoms with Gasteiger partial charge in [-0.15, -0.1) is 0 Å². The first kappa shape index (κ1) is 14.7. The number of benzene rings is 1. The van der Waals surface area contributed by atoms with E-state index in [4.69, 9.17) is 0 Å². The lowest BCUT2D eigenvalue weighted by atomic mass is 10.2. The number of anilines is 1. The molecule has 20 heavy (non-hydrogen) atoms. The lowest BCUT2D eigenvalue weighted by Crippen LogP contribution is -2.31. The molecule has 0 aliphatic heterocycles. The number of carbonyl (C=O) groups excluding carboxylic acids is 1. The van der Waals surface area contributed by atoms with Gasteiger partial charge < -0.3 is 4.90 Å². The van der Waals surface area contributed by atoms with Crippen LogP contribution < -0.4 is 4.90 Å². The molecular formula is C16H17BrN2O. The number of aromatic nitrogens is 1. The second-order valence-electron chi connectivity index (χ2n) is 4.51. The van der Waals surface area contributed by atoms with Gasteiger partial charge in [0.05, 0.1) is 0 Å². The number of carbonyl (C=O) groups is 1. The van der Waals surface area contributed by atoms with E-state index in [0.29, 0.717) is 10.2 Å². The van der Waals surface area contributed by atoms with Crippen molar-refractivity contribution >= 4 is 27.5 Å². The van der Waals surface area contributed by atoms with Crippen molar-refractivity contribution in [3.05, 3.63) is 58.8 Å². The quantitative estimate of drug-likeness (QED) is 0.765. The molecule has 0 N–H and O–H groups in total. The average molecular weight is 333 g/mol. The second kappa shape index (κ2) is 7.20. The predicted octanol–water partition coefficient (Wildman–Crippen LogP) is 4.29. The Labute approximate surface area is 127 Å². The van der Waals surface area contributed by atoms with Crippen LogP contribution in [0.15, 0.2) is 53.3 Å². The Kier molecular flexibility index (Phi) is 5.30. The van der Waals surface area contributed by atoms with Crippen molar-refractivity contribution in [2.24, 2.45) is 0 Å². The summed E-state index contributed by atoms with van der Waals surface area (Å²) >= 11 is 3.31. The number of hydrogen-bond acceptors (Lipinski definition) is 2. The van der Waals surface area contributed by atoms with Crippen molar-refractivity contribution in [3.63, 3.8) is 0 Å². The zero-order chi connectivity index (χ0) is 14.4. The van der Waals surface area contributed by atoms with Gasteiger partial charge in [-0.3, -0.25) is 4.79 Å². The van der Waals surface area contributed by atoms with Crippen LogP contribution in [-0.4, -0.2) is 17.4 Å². The van der Waals surface area contributed by atoms with Gasteiger partial charge in [0.25, 0.3) is 5.91 Å². The van der Waals surface area contributed by atoms with Crippen LogP contribution in [0.1, 0.15) is 30.1 Å². The summed E-state index contributed by atoms with van der Waals surface area (Å²) in [4.78, 5) is 18.6. The van der Waals surface area contributed by atoms with E-state index in [1.807, 2.05) is 35.2 Å². The third-order valence-electron chi connectivity index (χ3n) is 3.02. The average Bonchev–Trinajstić information content (AvgIpc) is 2.48. The molecule has 0 unspecified atom stereocenters. The Morgan fingerprint density at radius 3 is 2.65 bits per heavy atom. The maximum atomic E-state index is 12.7. The summed E-state index contributed by atoms with van der Waals surface area (Å²) in [5.41, 5.74) is 1.57. The van der Waals surface area contributed by atoms with Gasteiger partial charge in [-0.25, -0.2) is 4.98 Å². The molecule has 2 rings (SSSR count). The Hall–Kier alpha value is -1.68. The largest absolute Gasteiger partial charge is 0.308 e. The highest BCUT2D eigenvalue weighted by molar-refractivity contribution is 9.10. The number of halogens is 1. The molecule has 1 amide bonds. The monoisotopic (exact) mass is 332 g/mol. The molecule has 0 aliphatic carbocycles. The standard InChI is InChI=1S/C16H17BrN2O/c1-2-3-11-19(14-7-5-4-6-8-14)16(20)13-9-10-18-15(17)12-13/h4-10,12H,2-3,11H2,1H3. The van der Waals surface area contributed by atoms with Crippen molar-refractivity contribution in [3.8, 4) is 0 Å². The van der Waals surface area contributed by atoms with E-state index < -0.39 is 0 Å². The number of hydrogen-bond donors (Lipinski definition) is 0. The fourth-order valence-electron chi connectivity index (χ4n) is 1.96. The van der Waals surface area contributed by atoms with Crippen LogP contribution >= 0.6 is 15.9 Å². The van der Waals surface area contributed by atoms with Crippen LogP contribution in [0, 0.1) is 0 Å². The first-order valence-corrected chi connectivity index (χ1v) is 7.50. The van der Waals surface area contributed by atoms with E-state index in [1.165, 1.54) is 0 Å². The maximum Gasteiger partial charge on any atom is 0.258 e. The third kappa shape index (κ3) is 3.67. The zero-order valence-electron chi connectivity index (χ0n) is 11.4. The molecule has 3 nitrogen and oxygen atoms in total. The number of rotatable bonds is 5. The third-order valence-corrected chi connectivity index (χ3v) is 3.46. The highest BCUT2D eigenvalue weighted by atomic mass is 79.9. The summed E-state index contributed by atoms with van der Waals surface area (Å²) in [6, 6.07) is 13.3. The molecule has 0 bridgehead atoms. The molecule has 0 aliphatic rings. The number of amides is 1. The van der Waals surface area contributed by atoms with Crippen molar-refractivity contribution in [1.29, 1.82) is 0 Å². The van der Waals surface area contributed by atoms with Crippen LogP contribution in [0.3, 0.4) is 0 Å². The molecule has 4 heteroatoms. The summed E-state index contributed by atoms with van der Waals surface area (Å²) in [6.45, 7) is 2.84. The van der Waals surface area contributed by atoms with Crippen LogP contribution in [-0.2, 0) is 0 Å². The first-order chi connectivity index (χ1) is 9.72. The normalized spacial score (nSPS) is 10.3. The number of nitrogens with zero attached hydrogens (tertiary/aromatic N) is 2. The molecule has 1 heterocycles. The highest BCUT2D eigenvalue weighted by Crippen LogP contribution is 2.18. The lowest BCUT2D eigenvalue weighted by molar-refractivity contribution is 0.0986. The van der Waals surface area contributed by atoms with Crippen molar-refractivity contribution < 1.29 is 4.79 Å². The Balaban J connectivity index is 2.29. The van der Waals surface area contributed by atoms with E-state index in [-0.39, 0.29) is 5.91 Å². The van der Waals surface area contributed by atoms with Crippen LogP contribution in [0.2, 0.25) is 0 Å². The van der Waals surface area contributed by atoms with Gasteiger partial charge in [0.15, 0.2) is 0 Å². The van der Waals surface area contributed by atoms with Gasteiger partial charge in [0.1, 0.15) is 4.60 Å². The van der Waals surface area contributed by atoms with Crippen molar-refractivity contribution in [2.75, 3.05) is 11.4 Å². The van der Waals surface area contributed by atoms with Crippen LogP contribution in [0.5, 0.6) is 0 Å². The Bertz CT molecular complexity index is 572.